The van der Waals surface area contributed by atoms with Crippen LogP contribution in [0.4, 0.5) is 0 Å². The van der Waals surface area contributed by atoms with Crippen LogP contribution in [0.2, 0.25) is 0 Å². The molecule has 15 heavy (non-hydrogen) atoms. The second kappa shape index (κ2) is 4.45. The number of hydrogen-bond donors (Lipinski definition) is 1. The van der Waals surface area contributed by atoms with Crippen LogP contribution in [0.25, 0.3) is 0 Å². The molecule has 0 bridgehead atoms. The molecule has 6 atom stereocenters. The van der Waals surface area contributed by atoms with Crippen LogP contribution in [0, 0.1) is 29.6 Å². The van der Waals surface area contributed by atoms with Gasteiger partial charge in [0, 0.05) is 0 Å². The van der Waals surface area contributed by atoms with E-state index in [4.69, 9.17) is 0 Å². The monoisotopic (exact) mass is 212 g/mol. The van der Waals surface area contributed by atoms with Gasteiger partial charge in [0.05, 0.1) is 5.60 Å². The molecule has 0 spiro atoms. The molecule has 0 aliphatic heterocycles. The van der Waals surface area contributed by atoms with E-state index in [1.165, 1.54) is 6.42 Å². The van der Waals surface area contributed by atoms with Gasteiger partial charge in [-0.25, -0.2) is 0 Å². The van der Waals surface area contributed by atoms with E-state index in [0.717, 1.165) is 24.2 Å². The standard InChI is InChI=1S/C14H28O/c1-7-14(6,15)12(5)11(4)13-8-9(2)10(13)3/h9-13,15H,7-8H2,1-6H3. The van der Waals surface area contributed by atoms with E-state index in [9.17, 15) is 5.11 Å². The highest BCUT2D eigenvalue weighted by Gasteiger charge is 2.42. The Morgan fingerprint density at radius 3 is 2.20 bits per heavy atom. The Hall–Kier alpha value is -0.0400. The van der Waals surface area contributed by atoms with Gasteiger partial charge in [0.2, 0.25) is 0 Å². The summed E-state index contributed by atoms with van der Waals surface area (Å²) >= 11 is 0. The van der Waals surface area contributed by atoms with Gasteiger partial charge in [0.25, 0.3) is 0 Å². The van der Waals surface area contributed by atoms with Gasteiger partial charge in [-0.2, -0.15) is 0 Å². The lowest BCUT2D eigenvalue weighted by Gasteiger charge is -2.48. The summed E-state index contributed by atoms with van der Waals surface area (Å²) in [6.45, 7) is 13.3. The van der Waals surface area contributed by atoms with Crippen molar-refractivity contribution < 1.29 is 5.11 Å². The number of rotatable bonds is 4. The smallest absolute Gasteiger partial charge is 0.0645 e. The van der Waals surface area contributed by atoms with E-state index in [1.807, 2.05) is 6.92 Å². The first kappa shape index (κ1) is 13.0. The molecule has 0 heterocycles. The molecule has 1 N–H and O–H groups in total. The zero-order chi connectivity index (χ0) is 11.8. The first-order valence-corrected chi connectivity index (χ1v) is 6.53. The van der Waals surface area contributed by atoms with Gasteiger partial charge in [0.15, 0.2) is 0 Å². The Bertz CT molecular complexity index is 209. The summed E-state index contributed by atoms with van der Waals surface area (Å²) in [4.78, 5) is 0. The van der Waals surface area contributed by atoms with Gasteiger partial charge in [0.1, 0.15) is 0 Å². The van der Waals surface area contributed by atoms with Gasteiger partial charge < -0.3 is 5.11 Å². The van der Waals surface area contributed by atoms with Crippen molar-refractivity contribution in [3.05, 3.63) is 0 Å². The highest BCUT2D eigenvalue weighted by Crippen LogP contribution is 2.48. The maximum atomic E-state index is 10.3. The molecule has 0 radical (unpaired) electrons. The van der Waals surface area contributed by atoms with Crippen molar-refractivity contribution >= 4 is 0 Å². The fraction of sp³-hybridized carbons (Fsp3) is 1.00. The fourth-order valence-corrected chi connectivity index (χ4v) is 3.04. The van der Waals surface area contributed by atoms with Crippen LogP contribution in [0.5, 0.6) is 0 Å². The molecule has 1 nitrogen and oxygen atoms in total. The lowest BCUT2D eigenvalue weighted by molar-refractivity contribution is -0.0614. The van der Waals surface area contributed by atoms with Crippen molar-refractivity contribution in [2.45, 2.75) is 60.0 Å². The van der Waals surface area contributed by atoms with Crippen LogP contribution < -0.4 is 0 Å². The Morgan fingerprint density at radius 1 is 1.33 bits per heavy atom. The second-order valence-electron chi connectivity index (χ2n) is 6.09. The van der Waals surface area contributed by atoms with Crippen molar-refractivity contribution in [1.29, 1.82) is 0 Å². The minimum absolute atomic E-state index is 0.405. The van der Waals surface area contributed by atoms with E-state index in [-0.39, 0.29) is 0 Å². The molecule has 0 aromatic heterocycles. The summed E-state index contributed by atoms with van der Waals surface area (Å²) in [5, 5.41) is 10.3. The molecule has 0 amide bonds. The van der Waals surface area contributed by atoms with Crippen LogP contribution in [0.15, 0.2) is 0 Å². The van der Waals surface area contributed by atoms with Crippen molar-refractivity contribution in [2.75, 3.05) is 0 Å². The summed E-state index contributed by atoms with van der Waals surface area (Å²) in [6, 6.07) is 0. The van der Waals surface area contributed by atoms with E-state index >= 15 is 0 Å². The molecule has 0 saturated heterocycles. The van der Waals surface area contributed by atoms with Crippen molar-refractivity contribution in [3.8, 4) is 0 Å². The van der Waals surface area contributed by atoms with Gasteiger partial charge in [-0.05, 0) is 49.4 Å². The lowest BCUT2D eigenvalue weighted by atomic mass is 9.58. The summed E-state index contributed by atoms with van der Waals surface area (Å²) in [5.41, 5.74) is -0.488. The molecule has 90 valence electrons. The predicted molar refractivity (Wildman–Crippen MR) is 65.7 cm³/mol. The third-order valence-electron chi connectivity index (χ3n) is 5.38. The maximum Gasteiger partial charge on any atom is 0.0645 e. The Morgan fingerprint density at radius 2 is 1.87 bits per heavy atom. The van der Waals surface area contributed by atoms with E-state index < -0.39 is 5.60 Å². The van der Waals surface area contributed by atoms with Crippen LogP contribution in [0.1, 0.15) is 54.4 Å². The number of aliphatic hydroxyl groups is 1. The van der Waals surface area contributed by atoms with Gasteiger partial charge in [-0.3, -0.25) is 0 Å². The highest BCUT2D eigenvalue weighted by molar-refractivity contribution is 4.92. The van der Waals surface area contributed by atoms with Crippen LogP contribution in [-0.2, 0) is 0 Å². The quantitative estimate of drug-likeness (QED) is 0.753. The van der Waals surface area contributed by atoms with E-state index in [0.29, 0.717) is 11.8 Å². The molecule has 1 aliphatic rings. The SMILES string of the molecule is CCC(C)(O)C(C)C(C)C1CC(C)C1C. The first-order chi connectivity index (χ1) is 6.81. The molecule has 6 unspecified atom stereocenters. The molecule has 1 aliphatic carbocycles. The largest absolute Gasteiger partial charge is 0.390 e. The van der Waals surface area contributed by atoms with Crippen molar-refractivity contribution in [2.24, 2.45) is 29.6 Å². The minimum Gasteiger partial charge on any atom is -0.390 e. The van der Waals surface area contributed by atoms with Crippen molar-refractivity contribution in [1.82, 2.24) is 0 Å². The molecular formula is C14H28O. The Kier molecular flexibility index (Phi) is 3.86. The topological polar surface area (TPSA) is 20.2 Å². The zero-order valence-electron chi connectivity index (χ0n) is 11.2. The highest BCUT2D eigenvalue weighted by atomic mass is 16.3. The summed E-state index contributed by atoms with van der Waals surface area (Å²) in [7, 11) is 0. The molecule has 1 heteroatoms. The van der Waals surface area contributed by atoms with E-state index in [1.54, 1.807) is 0 Å². The van der Waals surface area contributed by atoms with Gasteiger partial charge in [-0.15, -0.1) is 0 Å². The van der Waals surface area contributed by atoms with Crippen molar-refractivity contribution in [3.63, 3.8) is 0 Å². The lowest BCUT2D eigenvalue weighted by Crippen LogP contribution is -2.45. The van der Waals surface area contributed by atoms with Crippen LogP contribution in [-0.4, -0.2) is 10.7 Å². The Balaban J connectivity index is 2.57. The van der Waals surface area contributed by atoms with E-state index in [2.05, 4.69) is 34.6 Å². The molecule has 1 fully saturated rings. The fourth-order valence-electron chi connectivity index (χ4n) is 3.04. The normalized spacial score (nSPS) is 39.0. The zero-order valence-corrected chi connectivity index (χ0v) is 11.2. The van der Waals surface area contributed by atoms with Crippen LogP contribution in [0.3, 0.4) is 0 Å². The minimum atomic E-state index is -0.488. The average Bonchev–Trinajstić information content (AvgIpc) is 2.23. The van der Waals surface area contributed by atoms with Crippen LogP contribution >= 0.6 is 0 Å². The predicted octanol–water partition coefficient (Wildman–Crippen LogP) is 3.71. The third kappa shape index (κ3) is 2.38. The maximum absolute atomic E-state index is 10.3. The average molecular weight is 212 g/mol. The molecule has 0 aromatic rings. The number of hydrogen-bond acceptors (Lipinski definition) is 1. The molecule has 1 rings (SSSR count). The second-order valence-corrected chi connectivity index (χ2v) is 6.09. The molecular weight excluding hydrogens is 184 g/mol. The molecule has 0 aromatic carbocycles. The molecule has 1 saturated carbocycles. The Labute approximate surface area is 95.3 Å². The first-order valence-electron chi connectivity index (χ1n) is 6.53. The third-order valence-corrected chi connectivity index (χ3v) is 5.38. The summed E-state index contributed by atoms with van der Waals surface area (Å²) in [6.07, 6.45) is 2.21. The summed E-state index contributed by atoms with van der Waals surface area (Å²) in [5.74, 6) is 3.60. The van der Waals surface area contributed by atoms with Gasteiger partial charge in [-0.1, -0.05) is 34.6 Å². The summed E-state index contributed by atoms with van der Waals surface area (Å²) < 4.78 is 0. The van der Waals surface area contributed by atoms with Gasteiger partial charge >= 0.3 is 0 Å².